The van der Waals surface area contributed by atoms with Gasteiger partial charge in [-0.2, -0.15) is 0 Å². The van der Waals surface area contributed by atoms with Gasteiger partial charge in [0.2, 0.25) is 0 Å². The molecule has 2 fully saturated rings. The van der Waals surface area contributed by atoms with E-state index in [1.807, 2.05) is 6.92 Å². The van der Waals surface area contributed by atoms with Crippen LogP contribution in [0.2, 0.25) is 0 Å². The van der Waals surface area contributed by atoms with Gasteiger partial charge in [0.15, 0.2) is 0 Å². The minimum Gasteiger partial charge on any atom is -0.206 e. The quantitative estimate of drug-likeness (QED) is 0.272. The number of hydrogen-bond donors (Lipinski definition) is 0. The van der Waals surface area contributed by atoms with E-state index >= 15 is 0 Å². The number of halogens is 1. The van der Waals surface area contributed by atoms with E-state index in [-0.39, 0.29) is 5.82 Å². The third-order valence-electron chi connectivity index (χ3n) is 8.48. The smallest absolute Gasteiger partial charge is 0.131 e. The van der Waals surface area contributed by atoms with Crippen LogP contribution in [0.3, 0.4) is 0 Å². The van der Waals surface area contributed by atoms with E-state index < -0.39 is 0 Å². The van der Waals surface area contributed by atoms with Gasteiger partial charge in [0, 0.05) is 5.39 Å². The Morgan fingerprint density at radius 3 is 2.62 bits per heavy atom. The molecule has 0 N–H and O–H groups in total. The highest BCUT2D eigenvalue weighted by molar-refractivity contribution is 5.84. The Balaban J connectivity index is 1.37. The van der Waals surface area contributed by atoms with Crippen LogP contribution < -0.4 is 0 Å². The van der Waals surface area contributed by atoms with Crippen LogP contribution in [-0.4, -0.2) is 0 Å². The molecular weight excluding hydrogens is 391 g/mol. The van der Waals surface area contributed by atoms with E-state index in [0.717, 1.165) is 46.9 Å². The van der Waals surface area contributed by atoms with Crippen molar-refractivity contribution < 1.29 is 4.39 Å². The Bertz CT molecular complexity index is 895. The average molecular weight is 435 g/mol. The third kappa shape index (κ3) is 5.83. The minimum atomic E-state index is -0.0444. The average Bonchev–Trinajstić information content (AvgIpc) is 2.81. The predicted molar refractivity (Wildman–Crippen MR) is 137 cm³/mol. The van der Waals surface area contributed by atoms with Crippen LogP contribution in [0.4, 0.5) is 4.39 Å². The van der Waals surface area contributed by atoms with Gasteiger partial charge in [-0.1, -0.05) is 75.8 Å². The van der Waals surface area contributed by atoms with E-state index in [1.165, 1.54) is 76.2 Å². The van der Waals surface area contributed by atoms with Gasteiger partial charge in [-0.3, -0.25) is 0 Å². The summed E-state index contributed by atoms with van der Waals surface area (Å²) >= 11 is 0. The molecule has 0 bridgehead atoms. The third-order valence-corrected chi connectivity index (χ3v) is 8.48. The minimum absolute atomic E-state index is 0.0444. The van der Waals surface area contributed by atoms with Gasteiger partial charge < -0.3 is 0 Å². The largest absolute Gasteiger partial charge is 0.206 e. The van der Waals surface area contributed by atoms with Gasteiger partial charge in [0.05, 0.1) is 0 Å². The number of unbranched alkanes of at least 4 members (excludes halogenated alkanes) is 3. The first-order valence-corrected chi connectivity index (χ1v) is 13.5. The first-order chi connectivity index (χ1) is 15.7. The predicted octanol–water partition coefficient (Wildman–Crippen LogP) is 9.76. The van der Waals surface area contributed by atoms with Crippen molar-refractivity contribution in [2.45, 2.75) is 103 Å². The van der Waals surface area contributed by atoms with Crippen molar-refractivity contribution in [3.63, 3.8) is 0 Å². The summed E-state index contributed by atoms with van der Waals surface area (Å²) in [6.07, 6.45) is 21.5. The maximum Gasteiger partial charge on any atom is 0.131 e. The molecule has 0 radical (unpaired) electrons. The second-order valence-corrected chi connectivity index (χ2v) is 10.7. The maximum absolute atomic E-state index is 14.9. The first kappa shape index (κ1) is 23.5. The van der Waals surface area contributed by atoms with E-state index in [1.54, 1.807) is 6.07 Å². The van der Waals surface area contributed by atoms with Crippen LogP contribution in [-0.2, 0) is 6.42 Å². The van der Waals surface area contributed by atoms with Gasteiger partial charge in [0.25, 0.3) is 0 Å². The summed E-state index contributed by atoms with van der Waals surface area (Å²) < 4.78 is 14.9. The summed E-state index contributed by atoms with van der Waals surface area (Å²) in [5.74, 6) is 3.41. The molecule has 4 unspecified atom stereocenters. The van der Waals surface area contributed by atoms with Crippen LogP contribution in [0, 0.1) is 23.6 Å². The van der Waals surface area contributed by atoms with Crippen LogP contribution >= 0.6 is 0 Å². The zero-order valence-corrected chi connectivity index (χ0v) is 20.4. The summed E-state index contributed by atoms with van der Waals surface area (Å²) in [5, 5.41) is 1.87. The highest BCUT2D eigenvalue weighted by Gasteiger charge is 2.35. The van der Waals surface area contributed by atoms with Gasteiger partial charge in [-0.15, -0.1) is 0 Å². The number of allylic oxidation sites excluding steroid dienone is 2. The van der Waals surface area contributed by atoms with E-state index in [0.29, 0.717) is 5.92 Å². The highest BCUT2D eigenvalue weighted by Crippen LogP contribution is 2.48. The SMILES string of the molecule is C/C=C/CCc1cc(F)c2cc(C3CCC4CC(CCCCCC)CCC4C3)ccc2c1. The van der Waals surface area contributed by atoms with Crippen LogP contribution in [0.1, 0.15) is 108 Å². The Labute approximate surface area is 195 Å². The molecule has 2 aliphatic carbocycles. The zero-order valence-electron chi connectivity index (χ0n) is 20.4. The summed E-state index contributed by atoms with van der Waals surface area (Å²) in [5.41, 5.74) is 2.48. The lowest BCUT2D eigenvalue weighted by molar-refractivity contribution is 0.113. The summed E-state index contributed by atoms with van der Waals surface area (Å²) in [4.78, 5) is 0. The van der Waals surface area contributed by atoms with E-state index in [2.05, 4.69) is 43.3 Å². The second kappa shape index (κ2) is 11.5. The monoisotopic (exact) mass is 434 g/mol. The zero-order chi connectivity index (χ0) is 22.3. The molecule has 0 aromatic heterocycles. The Kier molecular flexibility index (Phi) is 8.44. The number of rotatable bonds is 9. The molecule has 2 saturated carbocycles. The molecular formula is C31H43F. The number of hydrogen-bond acceptors (Lipinski definition) is 0. The molecule has 2 aromatic carbocycles. The first-order valence-electron chi connectivity index (χ1n) is 13.5. The van der Waals surface area contributed by atoms with Gasteiger partial charge in [0.1, 0.15) is 5.82 Å². The molecule has 0 heterocycles. The van der Waals surface area contributed by atoms with Crippen molar-refractivity contribution in [1.29, 1.82) is 0 Å². The second-order valence-electron chi connectivity index (χ2n) is 10.7. The number of aryl methyl sites for hydroxylation is 1. The van der Waals surface area contributed by atoms with Crippen molar-refractivity contribution in [1.82, 2.24) is 0 Å². The molecule has 0 saturated heterocycles. The lowest BCUT2D eigenvalue weighted by Gasteiger charge is -2.42. The van der Waals surface area contributed by atoms with Gasteiger partial charge in [-0.05, 0) is 104 Å². The summed E-state index contributed by atoms with van der Waals surface area (Å²) in [6.45, 7) is 4.34. The van der Waals surface area contributed by atoms with Crippen molar-refractivity contribution in [3.05, 3.63) is 59.4 Å². The Hall–Kier alpha value is -1.63. The highest BCUT2D eigenvalue weighted by atomic mass is 19.1. The molecule has 174 valence electrons. The van der Waals surface area contributed by atoms with Crippen LogP contribution in [0.15, 0.2) is 42.5 Å². The fraction of sp³-hybridized carbons (Fsp3) is 0.613. The molecule has 0 spiro atoms. The lowest BCUT2D eigenvalue weighted by atomic mass is 9.63. The molecule has 0 nitrogen and oxygen atoms in total. The molecule has 32 heavy (non-hydrogen) atoms. The summed E-state index contributed by atoms with van der Waals surface area (Å²) in [7, 11) is 0. The lowest BCUT2D eigenvalue weighted by Crippen LogP contribution is -2.30. The standard InChI is InChI=1S/C31H43F/c1-3-5-7-9-10-23-12-13-26-21-27(15-14-25(26)18-23)28-16-17-29-19-24(11-8-6-4-2)20-31(32)30(29)22-28/h4,6,16-17,19-20,22-23,25-27H,3,5,7-15,18,21H2,1-2H3/b6-4+. The van der Waals surface area contributed by atoms with Crippen LogP contribution in [0.5, 0.6) is 0 Å². The fourth-order valence-electron chi connectivity index (χ4n) is 6.61. The molecule has 4 atom stereocenters. The number of benzene rings is 2. The molecule has 0 amide bonds. The summed E-state index contributed by atoms with van der Waals surface area (Å²) in [6, 6.07) is 10.6. The Morgan fingerprint density at radius 1 is 0.938 bits per heavy atom. The molecule has 1 heteroatoms. The normalized spacial score (nSPS) is 26.0. The van der Waals surface area contributed by atoms with E-state index in [9.17, 15) is 4.39 Å². The molecule has 4 rings (SSSR count). The van der Waals surface area contributed by atoms with Gasteiger partial charge >= 0.3 is 0 Å². The van der Waals surface area contributed by atoms with Crippen molar-refractivity contribution in [2.75, 3.05) is 0 Å². The molecule has 2 aromatic rings. The Morgan fingerprint density at radius 2 is 1.78 bits per heavy atom. The van der Waals surface area contributed by atoms with Crippen molar-refractivity contribution >= 4 is 10.8 Å². The van der Waals surface area contributed by atoms with Crippen molar-refractivity contribution in [2.24, 2.45) is 17.8 Å². The van der Waals surface area contributed by atoms with E-state index in [4.69, 9.17) is 0 Å². The van der Waals surface area contributed by atoms with Gasteiger partial charge in [-0.25, -0.2) is 4.39 Å². The van der Waals surface area contributed by atoms with Crippen molar-refractivity contribution in [3.8, 4) is 0 Å². The number of fused-ring (bicyclic) bond motifs is 2. The fourth-order valence-corrected chi connectivity index (χ4v) is 6.61. The maximum atomic E-state index is 14.9. The topological polar surface area (TPSA) is 0 Å². The molecule has 0 aliphatic heterocycles. The van der Waals surface area contributed by atoms with Crippen LogP contribution in [0.25, 0.3) is 10.8 Å². The molecule has 2 aliphatic rings.